The first-order valence-electron chi connectivity index (χ1n) is 7.04. The number of rotatable bonds is 5. The van der Waals surface area contributed by atoms with Gasteiger partial charge in [0.15, 0.2) is 0 Å². The maximum absolute atomic E-state index is 10.6. The molecule has 1 saturated heterocycles. The monoisotopic (exact) mass is 227 g/mol. The Bertz CT molecular complexity index is 193. The molecule has 16 heavy (non-hydrogen) atoms. The van der Waals surface area contributed by atoms with Gasteiger partial charge in [-0.3, -0.25) is 0 Å². The summed E-state index contributed by atoms with van der Waals surface area (Å²) < 4.78 is 0. The summed E-state index contributed by atoms with van der Waals surface area (Å²) in [4.78, 5) is 2.50. The quantitative estimate of drug-likeness (QED) is 0.729. The highest BCUT2D eigenvalue weighted by Crippen LogP contribution is 2.28. The van der Waals surface area contributed by atoms with Crippen molar-refractivity contribution in [2.75, 3.05) is 13.1 Å². The maximum Gasteiger partial charge on any atom is 0.0660 e. The fourth-order valence-corrected chi connectivity index (χ4v) is 2.67. The number of likely N-dealkylation sites (tertiary alicyclic amines) is 1. The van der Waals surface area contributed by atoms with Gasteiger partial charge in [0.05, 0.1) is 5.60 Å². The minimum Gasteiger partial charge on any atom is -0.390 e. The number of hydrogen-bond acceptors (Lipinski definition) is 2. The van der Waals surface area contributed by atoms with Gasteiger partial charge in [-0.15, -0.1) is 0 Å². The van der Waals surface area contributed by atoms with Crippen molar-refractivity contribution in [1.82, 2.24) is 4.90 Å². The standard InChI is InChI=1S/C14H29NO/c1-4-5-6-8-14(16)9-7-11-15(12-10-14)13(2)3/h13,16H,4-12H2,1-3H3. The van der Waals surface area contributed by atoms with Crippen LogP contribution in [0.5, 0.6) is 0 Å². The molecule has 1 aliphatic heterocycles. The van der Waals surface area contributed by atoms with Crippen molar-refractivity contribution in [2.45, 2.75) is 77.4 Å². The van der Waals surface area contributed by atoms with Crippen LogP contribution in [0.3, 0.4) is 0 Å². The first kappa shape index (κ1) is 14.0. The third kappa shape index (κ3) is 4.42. The lowest BCUT2D eigenvalue weighted by Crippen LogP contribution is -2.34. The lowest BCUT2D eigenvalue weighted by atomic mass is 9.89. The molecular weight excluding hydrogens is 198 g/mol. The van der Waals surface area contributed by atoms with Gasteiger partial charge in [-0.25, -0.2) is 0 Å². The summed E-state index contributed by atoms with van der Waals surface area (Å²) >= 11 is 0. The van der Waals surface area contributed by atoms with Crippen molar-refractivity contribution < 1.29 is 5.11 Å². The van der Waals surface area contributed by atoms with Crippen molar-refractivity contribution in [2.24, 2.45) is 0 Å². The molecule has 0 spiro atoms. The number of aliphatic hydroxyl groups is 1. The van der Waals surface area contributed by atoms with Gasteiger partial charge < -0.3 is 10.0 Å². The molecular formula is C14H29NO. The molecule has 0 aromatic heterocycles. The summed E-state index contributed by atoms with van der Waals surface area (Å²) in [5.41, 5.74) is -0.362. The lowest BCUT2D eigenvalue weighted by Gasteiger charge is -2.28. The molecule has 2 heteroatoms. The van der Waals surface area contributed by atoms with E-state index in [0.29, 0.717) is 6.04 Å². The van der Waals surface area contributed by atoms with Crippen molar-refractivity contribution in [1.29, 1.82) is 0 Å². The molecule has 0 radical (unpaired) electrons. The topological polar surface area (TPSA) is 23.5 Å². The number of hydrogen-bond donors (Lipinski definition) is 1. The molecule has 0 bridgehead atoms. The molecule has 1 heterocycles. The van der Waals surface area contributed by atoms with Crippen LogP contribution in [0.25, 0.3) is 0 Å². The summed E-state index contributed by atoms with van der Waals surface area (Å²) in [7, 11) is 0. The summed E-state index contributed by atoms with van der Waals surface area (Å²) in [6, 6.07) is 0.623. The van der Waals surface area contributed by atoms with E-state index >= 15 is 0 Å². The maximum atomic E-state index is 10.6. The first-order chi connectivity index (χ1) is 7.57. The summed E-state index contributed by atoms with van der Waals surface area (Å²) in [5.74, 6) is 0. The average Bonchev–Trinajstić information content (AvgIpc) is 2.41. The Morgan fingerprint density at radius 1 is 1.19 bits per heavy atom. The van der Waals surface area contributed by atoms with Gasteiger partial charge in [0, 0.05) is 12.6 Å². The molecule has 0 aromatic rings. The van der Waals surface area contributed by atoms with Crippen molar-refractivity contribution in [3.05, 3.63) is 0 Å². The van der Waals surface area contributed by atoms with Gasteiger partial charge in [0.25, 0.3) is 0 Å². The Hall–Kier alpha value is -0.0800. The second-order valence-electron chi connectivity index (χ2n) is 5.66. The summed E-state index contributed by atoms with van der Waals surface area (Å²) in [6.45, 7) is 8.95. The highest BCUT2D eigenvalue weighted by molar-refractivity contribution is 4.84. The Balaban J connectivity index is 2.38. The average molecular weight is 227 g/mol. The van der Waals surface area contributed by atoms with Gasteiger partial charge in [-0.2, -0.15) is 0 Å². The van der Waals surface area contributed by atoms with E-state index < -0.39 is 0 Å². The highest BCUT2D eigenvalue weighted by Gasteiger charge is 2.29. The second-order valence-corrected chi connectivity index (χ2v) is 5.66. The molecule has 0 amide bonds. The van der Waals surface area contributed by atoms with Crippen molar-refractivity contribution in [3.63, 3.8) is 0 Å². The Labute approximate surface area is 101 Å². The summed E-state index contributed by atoms with van der Waals surface area (Å²) in [5, 5.41) is 10.6. The third-order valence-electron chi connectivity index (χ3n) is 3.93. The van der Waals surface area contributed by atoms with Crippen LogP contribution in [-0.4, -0.2) is 34.7 Å². The smallest absolute Gasteiger partial charge is 0.0660 e. The minimum absolute atomic E-state index is 0.362. The van der Waals surface area contributed by atoms with Crippen LogP contribution < -0.4 is 0 Å². The van der Waals surface area contributed by atoms with Gasteiger partial charge in [-0.05, 0) is 46.1 Å². The Kier molecular flexibility index (Phi) is 5.77. The predicted molar refractivity (Wildman–Crippen MR) is 69.7 cm³/mol. The molecule has 0 aliphatic carbocycles. The zero-order valence-electron chi connectivity index (χ0n) is 11.3. The van der Waals surface area contributed by atoms with E-state index in [1.165, 1.54) is 19.3 Å². The Morgan fingerprint density at radius 3 is 2.56 bits per heavy atom. The van der Waals surface area contributed by atoms with Crippen LogP contribution >= 0.6 is 0 Å². The van der Waals surface area contributed by atoms with E-state index in [0.717, 1.165) is 38.8 Å². The third-order valence-corrected chi connectivity index (χ3v) is 3.93. The fourth-order valence-electron chi connectivity index (χ4n) is 2.67. The van der Waals surface area contributed by atoms with Crippen LogP contribution in [0.15, 0.2) is 0 Å². The van der Waals surface area contributed by atoms with Crippen LogP contribution in [0, 0.1) is 0 Å². The zero-order chi connectivity index (χ0) is 12.0. The fraction of sp³-hybridized carbons (Fsp3) is 1.00. The molecule has 1 unspecified atom stereocenters. The second kappa shape index (κ2) is 6.61. The lowest BCUT2D eigenvalue weighted by molar-refractivity contribution is 0.0139. The van der Waals surface area contributed by atoms with Crippen LogP contribution in [-0.2, 0) is 0 Å². The summed E-state index contributed by atoms with van der Waals surface area (Å²) in [6.07, 6.45) is 7.82. The van der Waals surface area contributed by atoms with E-state index in [4.69, 9.17) is 0 Å². The molecule has 1 aliphatic rings. The zero-order valence-corrected chi connectivity index (χ0v) is 11.3. The predicted octanol–water partition coefficient (Wildman–Crippen LogP) is 3.19. The minimum atomic E-state index is -0.362. The van der Waals surface area contributed by atoms with Crippen LogP contribution in [0.1, 0.15) is 65.7 Å². The normalized spacial score (nSPS) is 28.3. The molecule has 0 aromatic carbocycles. The van der Waals surface area contributed by atoms with Crippen molar-refractivity contribution in [3.8, 4) is 0 Å². The number of unbranched alkanes of at least 4 members (excludes halogenated alkanes) is 2. The van der Waals surface area contributed by atoms with E-state index in [1.807, 2.05) is 0 Å². The molecule has 1 fully saturated rings. The molecule has 1 rings (SSSR count). The van der Waals surface area contributed by atoms with Gasteiger partial charge in [-0.1, -0.05) is 26.2 Å². The first-order valence-corrected chi connectivity index (χ1v) is 7.04. The van der Waals surface area contributed by atoms with Crippen LogP contribution in [0.2, 0.25) is 0 Å². The molecule has 96 valence electrons. The molecule has 1 atom stereocenters. The van der Waals surface area contributed by atoms with E-state index in [-0.39, 0.29) is 5.60 Å². The van der Waals surface area contributed by atoms with E-state index in [2.05, 4.69) is 25.7 Å². The van der Waals surface area contributed by atoms with Crippen molar-refractivity contribution >= 4 is 0 Å². The van der Waals surface area contributed by atoms with Gasteiger partial charge in [0.1, 0.15) is 0 Å². The molecule has 1 N–H and O–H groups in total. The largest absolute Gasteiger partial charge is 0.390 e. The van der Waals surface area contributed by atoms with E-state index in [9.17, 15) is 5.11 Å². The molecule has 0 saturated carbocycles. The van der Waals surface area contributed by atoms with Gasteiger partial charge in [0.2, 0.25) is 0 Å². The SMILES string of the molecule is CCCCCC1(O)CCCN(C(C)C)CC1. The highest BCUT2D eigenvalue weighted by atomic mass is 16.3. The molecule has 2 nitrogen and oxygen atoms in total. The van der Waals surface area contributed by atoms with Gasteiger partial charge >= 0.3 is 0 Å². The number of nitrogens with zero attached hydrogens (tertiary/aromatic N) is 1. The Morgan fingerprint density at radius 2 is 1.94 bits per heavy atom. The van der Waals surface area contributed by atoms with E-state index in [1.54, 1.807) is 0 Å². The van der Waals surface area contributed by atoms with Crippen LogP contribution in [0.4, 0.5) is 0 Å².